The Hall–Kier alpha value is -2.31. The SMILES string of the molecule is O=C(NC1CC1)C(Sc1nccn1-c1cccc(Cl)c1)c1ccc(F)cc1. The van der Waals surface area contributed by atoms with Gasteiger partial charge in [0.05, 0.1) is 0 Å². The van der Waals surface area contributed by atoms with Gasteiger partial charge in [-0.15, -0.1) is 0 Å². The molecule has 1 aliphatic carbocycles. The van der Waals surface area contributed by atoms with Crippen molar-refractivity contribution in [3.05, 3.63) is 77.3 Å². The van der Waals surface area contributed by atoms with Crippen LogP contribution < -0.4 is 5.32 Å². The average molecular weight is 402 g/mol. The van der Waals surface area contributed by atoms with Gasteiger partial charge in [0.1, 0.15) is 11.1 Å². The van der Waals surface area contributed by atoms with Crippen molar-refractivity contribution in [2.45, 2.75) is 29.3 Å². The molecule has 138 valence electrons. The second kappa shape index (κ2) is 7.74. The third kappa shape index (κ3) is 4.34. The molecule has 0 aliphatic heterocycles. The Kier molecular flexibility index (Phi) is 5.18. The fourth-order valence-corrected chi connectivity index (χ4v) is 3.99. The highest BCUT2D eigenvalue weighted by Crippen LogP contribution is 2.36. The van der Waals surface area contributed by atoms with E-state index in [4.69, 9.17) is 11.6 Å². The molecule has 1 unspecified atom stereocenters. The van der Waals surface area contributed by atoms with Crippen LogP contribution in [0.3, 0.4) is 0 Å². The summed E-state index contributed by atoms with van der Waals surface area (Å²) in [6, 6.07) is 13.7. The van der Waals surface area contributed by atoms with Crippen LogP contribution >= 0.6 is 23.4 Å². The predicted molar refractivity (Wildman–Crippen MR) is 105 cm³/mol. The Balaban J connectivity index is 1.64. The molecule has 0 radical (unpaired) electrons. The van der Waals surface area contributed by atoms with Crippen LogP contribution in [-0.4, -0.2) is 21.5 Å². The lowest BCUT2D eigenvalue weighted by molar-refractivity contribution is -0.120. The molecule has 1 aliphatic rings. The van der Waals surface area contributed by atoms with Crippen molar-refractivity contribution in [1.29, 1.82) is 0 Å². The third-order valence-electron chi connectivity index (χ3n) is 4.25. The highest BCUT2D eigenvalue weighted by Gasteiger charge is 2.30. The lowest BCUT2D eigenvalue weighted by atomic mass is 10.1. The highest BCUT2D eigenvalue weighted by molar-refractivity contribution is 8.00. The minimum Gasteiger partial charge on any atom is -0.352 e. The molecule has 0 spiro atoms. The van der Waals surface area contributed by atoms with Crippen LogP contribution in [0.4, 0.5) is 4.39 Å². The van der Waals surface area contributed by atoms with Crippen LogP contribution in [0.1, 0.15) is 23.7 Å². The molecule has 0 bridgehead atoms. The maximum atomic E-state index is 13.3. The number of carbonyl (C=O) groups is 1. The number of benzene rings is 2. The van der Waals surface area contributed by atoms with Gasteiger partial charge in [-0.3, -0.25) is 9.36 Å². The van der Waals surface area contributed by atoms with E-state index in [1.54, 1.807) is 24.4 Å². The molecular formula is C20H17ClFN3OS. The molecule has 3 aromatic rings. The van der Waals surface area contributed by atoms with Crippen molar-refractivity contribution in [2.24, 2.45) is 0 Å². The summed E-state index contributed by atoms with van der Waals surface area (Å²) in [7, 11) is 0. The molecule has 1 aromatic heterocycles. The molecule has 4 nitrogen and oxygen atoms in total. The smallest absolute Gasteiger partial charge is 0.238 e. The molecule has 1 amide bonds. The fraction of sp³-hybridized carbons (Fsp3) is 0.200. The van der Waals surface area contributed by atoms with Gasteiger partial charge < -0.3 is 5.32 Å². The zero-order chi connectivity index (χ0) is 18.8. The quantitative estimate of drug-likeness (QED) is 0.605. The van der Waals surface area contributed by atoms with E-state index >= 15 is 0 Å². The molecule has 1 saturated carbocycles. The summed E-state index contributed by atoms with van der Waals surface area (Å²) in [6.07, 6.45) is 5.52. The molecular weight excluding hydrogens is 385 g/mol. The summed E-state index contributed by atoms with van der Waals surface area (Å²) in [5, 5.41) is 3.80. The Morgan fingerprint density at radius 1 is 1.26 bits per heavy atom. The molecule has 2 aromatic carbocycles. The Morgan fingerprint density at radius 2 is 2.04 bits per heavy atom. The average Bonchev–Trinajstić information content (AvgIpc) is 3.34. The van der Waals surface area contributed by atoms with Crippen LogP contribution in [-0.2, 0) is 4.79 Å². The fourth-order valence-electron chi connectivity index (χ4n) is 2.72. The van der Waals surface area contributed by atoms with Crippen molar-refractivity contribution in [3.8, 4) is 5.69 Å². The number of halogens is 2. The Morgan fingerprint density at radius 3 is 2.74 bits per heavy atom. The number of imidazole rings is 1. The van der Waals surface area contributed by atoms with Gasteiger partial charge in [0, 0.05) is 29.1 Å². The number of thioether (sulfide) groups is 1. The first-order valence-corrected chi connectivity index (χ1v) is 9.88. The summed E-state index contributed by atoms with van der Waals surface area (Å²) >= 11 is 7.44. The standard InChI is InChI=1S/C20H17ClFN3OS/c21-14-2-1-3-17(12-14)25-11-10-23-20(25)27-18(19(26)24-16-8-9-16)13-4-6-15(22)7-5-13/h1-7,10-12,16,18H,8-9H2,(H,24,26). The molecule has 1 fully saturated rings. The molecule has 0 saturated heterocycles. The lowest BCUT2D eigenvalue weighted by Gasteiger charge is -2.17. The monoisotopic (exact) mass is 401 g/mol. The van der Waals surface area contributed by atoms with Gasteiger partial charge >= 0.3 is 0 Å². The summed E-state index contributed by atoms with van der Waals surface area (Å²) < 4.78 is 15.2. The number of amides is 1. The van der Waals surface area contributed by atoms with E-state index in [2.05, 4.69) is 10.3 Å². The minimum atomic E-state index is -0.522. The van der Waals surface area contributed by atoms with E-state index in [1.165, 1.54) is 23.9 Å². The number of carbonyl (C=O) groups excluding carboxylic acids is 1. The summed E-state index contributed by atoms with van der Waals surface area (Å²) in [5.74, 6) is -0.416. The minimum absolute atomic E-state index is 0.0882. The van der Waals surface area contributed by atoms with Crippen molar-refractivity contribution in [3.63, 3.8) is 0 Å². The van der Waals surface area contributed by atoms with E-state index < -0.39 is 5.25 Å². The van der Waals surface area contributed by atoms with Gasteiger partial charge in [-0.25, -0.2) is 9.37 Å². The molecule has 1 N–H and O–H groups in total. The van der Waals surface area contributed by atoms with E-state index in [-0.39, 0.29) is 17.8 Å². The number of nitrogens with one attached hydrogen (secondary N) is 1. The van der Waals surface area contributed by atoms with Crippen molar-refractivity contribution < 1.29 is 9.18 Å². The number of aromatic nitrogens is 2. The Bertz CT molecular complexity index is 956. The van der Waals surface area contributed by atoms with Gasteiger partial charge in [0.2, 0.25) is 5.91 Å². The highest BCUT2D eigenvalue weighted by atomic mass is 35.5. The zero-order valence-corrected chi connectivity index (χ0v) is 15.9. The van der Waals surface area contributed by atoms with Crippen LogP contribution in [0.15, 0.2) is 66.1 Å². The molecule has 4 rings (SSSR count). The second-order valence-corrected chi connectivity index (χ2v) is 7.90. The predicted octanol–water partition coefficient (Wildman–Crippen LogP) is 4.78. The molecule has 27 heavy (non-hydrogen) atoms. The van der Waals surface area contributed by atoms with E-state index in [0.717, 1.165) is 24.1 Å². The largest absolute Gasteiger partial charge is 0.352 e. The van der Waals surface area contributed by atoms with Crippen molar-refractivity contribution in [2.75, 3.05) is 0 Å². The second-order valence-electron chi connectivity index (χ2n) is 6.39. The number of hydrogen-bond donors (Lipinski definition) is 1. The van der Waals surface area contributed by atoms with Crippen LogP contribution in [0.5, 0.6) is 0 Å². The van der Waals surface area contributed by atoms with Crippen LogP contribution in [0.2, 0.25) is 5.02 Å². The van der Waals surface area contributed by atoms with Crippen molar-refractivity contribution >= 4 is 29.3 Å². The topological polar surface area (TPSA) is 46.9 Å². The van der Waals surface area contributed by atoms with Crippen LogP contribution in [0, 0.1) is 5.82 Å². The van der Waals surface area contributed by atoms with E-state index in [1.807, 2.05) is 29.0 Å². The molecule has 7 heteroatoms. The summed E-state index contributed by atoms with van der Waals surface area (Å²) in [4.78, 5) is 17.2. The Labute approximate surface area is 165 Å². The van der Waals surface area contributed by atoms with Crippen LogP contribution in [0.25, 0.3) is 5.69 Å². The maximum Gasteiger partial charge on any atom is 0.238 e. The van der Waals surface area contributed by atoms with Gasteiger partial charge in [0.15, 0.2) is 5.16 Å². The first kappa shape index (κ1) is 18.1. The van der Waals surface area contributed by atoms with E-state index in [0.29, 0.717) is 10.2 Å². The third-order valence-corrected chi connectivity index (χ3v) is 5.72. The lowest BCUT2D eigenvalue weighted by Crippen LogP contribution is -2.30. The first-order valence-electron chi connectivity index (χ1n) is 8.62. The summed E-state index contributed by atoms with van der Waals surface area (Å²) in [6.45, 7) is 0. The molecule has 1 heterocycles. The van der Waals surface area contributed by atoms with Crippen molar-refractivity contribution in [1.82, 2.24) is 14.9 Å². The van der Waals surface area contributed by atoms with Gasteiger partial charge in [0.25, 0.3) is 0 Å². The van der Waals surface area contributed by atoms with E-state index in [9.17, 15) is 9.18 Å². The normalized spacial score (nSPS) is 14.7. The molecule has 1 atom stereocenters. The first-order chi connectivity index (χ1) is 13.1. The van der Waals surface area contributed by atoms with Gasteiger partial charge in [-0.2, -0.15) is 0 Å². The number of hydrogen-bond acceptors (Lipinski definition) is 3. The zero-order valence-electron chi connectivity index (χ0n) is 14.3. The van der Waals surface area contributed by atoms with Gasteiger partial charge in [-0.1, -0.05) is 41.6 Å². The maximum absolute atomic E-state index is 13.3. The number of rotatable bonds is 6. The summed E-state index contributed by atoms with van der Waals surface area (Å²) in [5.41, 5.74) is 1.60. The number of nitrogens with zero attached hydrogens (tertiary/aromatic N) is 2. The van der Waals surface area contributed by atoms with Gasteiger partial charge in [-0.05, 0) is 48.7 Å².